The minimum absolute atomic E-state index is 0.638. The van der Waals surface area contributed by atoms with Gasteiger partial charge in [-0.05, 0) is 38.1 Å². The van der Waals surface area contributed by atoms with Gasteiger partial charge in [0.25, 0.3) is 0 Å². The third-order valence-corrected chi connectivity index (χ3v) is 3.95. The van der Waals surface area contributed by atoms with Gasteiger partial charge in [-0.1, -0.05) is 19.1 Å². The van der Waals surface area contributed by atoms with E-state index in [2.05, 4.69) is 33.2 Å². The number of hydrogen-bond acceptors (Lipinski definition) is 4. The maximum absolute atomic E-state index is 4.38. The fourth-order valence-electron chi connectivity index (χ4n) is 2.90. The minimum atomic E-state index is 0.638. The Kier molecular flexibility index (Phi) is 3.60. The van der Waals surface area contributed by atoms with Crippen molar-refractivity contribution in [3.63, 3.8) is 0 Å². The molecule has 1 unspecified atom stereocenters. The number of nitrogens with one attached hydrogen (secondary N) is 1. The van der Waals surface area contributed by atoms with E-state index in [4.69, 9.17) is 0 Å². The summed E-state index contributed by atoms with van der Waals surface area (Å²) in [6.07, 6.45) is 4.23. The van der Waals surface area contributed by atoms with Crippen LogP contribution >= 0.6 is 0 Å². The summed E-state index contributed by atoms with van der Waals surface area (Å²) in [6, 6.07) is 8.78. The lowest BCUT2D eigenvalue weighted by molar-refractivity contribution is 0.277. The maximum atomic E-state index is 4.38. The Morgan fingerprint density at radius 2 is 2.21 bits per heavy atom. The molecule has 1 aliphatic rings. The smallest absolute Gasteiger partial charge is 0.137 e. The number of likely N-dealkylation sites (N-methyl/N-ethyl adjacent to an activating group) is 1. The Morgan fingerprint density at radius 3 is 3.11 bits per heavy atom. The Morgan fingerprint density at radius 1 is 1.32 bits per heavy atom. The van der Waals surface area contributed by atoms with Gasteiger partial charge in [0.1, 0.15) is 12.1 Å². The lowest BCUT2D eigenvalue weighted by atomic mass is 10.2. The van der Waals surface area contributed by atoms with E-state index in [1.807, 2.05) is 18.2 Å². The zero-order valence-corrected chi connectivity index (χ0v) is 11.3. The van der Waals surface area contributed by atoms with E-state index in [0.717, 1.165) is 29.8 Å². The van der Waals surface area contributed by atoms with Gasteiger partial charge in [0.15, 0.2) is 0 Å². The molecule has 4 heteroatoms. The van der Waals surface area contributed by atoms with Crippen molar-refractivity contribution in [2.45, 2.75) is 25.8 Å². The first-order valence-corrected chi connectivity index (χ1v) is 7.06. The number of rotatable bonds is 4. The summed E-state index contributed by atoms with van der Waals surface area (Å²) in [4.78, 5) is 11.2. The van der Waals surface area contributed by atoms with Crippen molar-refractivity contribution in [3.05, 3.63) is 30.6 Å². The quantitative estimate of drug-likeness (QED) is 0.912. The van der Waals surface area contributed by atoms with Gasteiger partial charge in [0.05, 0.1) is 5.52 Å². The fourth-order valence-corrected chi connectivity index (χ4v) is 2.90. The summed E-state index contributed by atoms with van der Waals surface area (Å²) in [5.41, 5.74) is 0.999. The number of fused-ring (bicyclic) bond motifs is 1. The summed E-state index contributed by atoms with van der Waals surface area (Å²) in [7, 11) is 0. The largest absolute Gasteiger partial charge is 0.368 e. The second kappa shape index (κ2) is 5.53. The first-order chi connectivity index (χ1) is 9.38. The van der Waals surface area contributed by atoms with Crippen molar-refractivity contribution in [1.29, 1.82) is 0 Å². The molecule has 0 spiro atoms. The third kappa shape index (κ3) is 2.54. The van der Waals surface area contributed by atoms with Crippen LogP contribution in [0.5, 0.6) is 0 Å². The first kappa shape index (κ1) is 12.4. The molecule has 4 nitrogen and oxygen atoms in total. The predicted molar refractivity (Wildman–Crippen MR) is 78.3 cm³/mol. The number of benzene rings is 1. The number of aromatic nitrogens is 2. The molecule has 100 valence electrons. The number of hydrogen-bond donors (Lipinski definition) is 1. The number of para-hydroxylation sites is 1. The monoisotopic (exact) mass is 256 g/mol. The van der Waals surface area contributed by atoms with Crippen LogP contribution in [0.25, 0.3) is 10.9 Å². The highest BCUT2D eigenvalue weighted by molar-refractivity contribution is 5.88. The fraction of sp³-hybridized carbons (Fsp3) is 0.467. The molecule has 0 bridgehead atoms. The highest BCUT2D eigenvalue weighted by Gasteiger charge is 2.22. The molecule has 0 amide bonds. The molecule has 3 rings (SSSR count). The molecule has 2 aromatic rings. The molecule has 1 saturated heterocycles. The van der Waals surface area contributed by atoms with Gasteiger partial charge in [-0.2, -0.15) is 0 Å². The van der Waals surface area contributed by atoms with E-state index < -0.39 is 0 Å². The van der Waals surface area contributed by atoms with Gasteiger partial charge in [0.2, 0.25) is 0 Å². The molecule has 1 fully saturated rings. The van der Waals surface area contributed by atoms with Crippen molar-refractivity contribution in [1.82, 2.24) is 14.9 Å². The lowest BCUT2D eigenvalue weighted by Gasteiger charge is -2.23. The second-order valence-electron chi connectivity index (χ2n) is 5.04. The van der Waals surface area contributed by atoms with Crippen molar-refractivity contribution >= 4 is 16.7 Å². The van der Waals surface area contributed by atoms with E-state index in [9.17, 15) is 0 Å². The zero-order chi connectivity index (χ0) is 13.1. The van der Waals surface area contributed by atoms with E-state index in [0.29, 0.717) is 6.04 Å². The van der Waals surface area contributed by atoms with Crippen LogP contribution in [-0.2, 0) is 0 Å². The van der Waals surface area contributed by atoms with E-state index in [1.165, 1.54) is 19.4 Å². The summed E-state index contributed by atoms with van der Waals surface area (Å²) < 4.78 is 0. The number of likely N-dealkylation sites (tertiary alicyclic amines) is 1. The summed E-state index contributed by atoms with van der Waals surface area (Å²) >= 11 is 0. The molecule has 1 aromatic heterocycles. The van der Waals surface area contributed by atoms with E-state index in [1.54, 1.807) is 6.33 Å². The molecule has 19 heavy (non-hydrogen) atoms. The maximum Gasteiger partial charge on any atom is 0.137 e. The van der Waals surface area contributed by atoms with Crippen LogP contribution in [-0.4, -0.2) is 40.5 Å². The Labute approximate surface area is 113 Å². The number of anilines is 1. The molecule has 1 aromatic carbocycles. The van der Waals surface area contributed by atoms with Crippen LogP contribution in [0.15, 0.2) is 30.6 Å². The average molecular weight is 256 g/mol. The topological polar surface area (TPSA) is 41.0 Å². The van der Waals surface area contributed by atoms with Crippen LogP contribution in [0.1, 0.15) is 19.8 Å². The molecule has 0 aliphatic carbocycles. The molecule has 1 N–H and O–H groups in total. The van der Waals surface area contributed by atoms with Crippen molar-refractivity contribution in [3.8, 4) is 0 Å². The van der Waals surface area contributed by atoms with Gasteiger partial charge in [-0.25, -0.2) is 9.97 Å². The average Bonchev–Trinajstić information content (AvgIpc) is 2.92. The standard InChI is InChI=1S/C15H20N4/c1-2-19-9-5-6-12(19)10-16-15-13-7-3-4-8-14(13)17-11-18-15/h3-4,7-8,11-12H,2,5-6,9-10H2,1H3,(H,16,17,18). The molecule has 1 aliphatic heterocycles. The summed E-state index contributed by atoms with van der Waals surface area (Å²) in [5.74, 6) is 0.952. The van der Waals surface area contributed by atoms with Gasteiger partial charge in [-0.15, -0.1) is 0 Å². The van der Waals surface area contributed by atoms with Crippen molar-refractivity contribution < 1.29 is 0 Å². The van der Waals surface area contributed by atoms with Crippen LogP contribution in [0.3, 0.4) is 0 Å². The van der Waals surface area contributed by atoms with Gasteiger partial charge < -0.3 is 5.32 Å². The predicted octanol–water partition coefficient (Wildman–Crippen LogP) is 2.53. The van der Waals surface area contributed by atoms with Crippen molar-refractivity contribution in [2.75, 3.05) is 25.0 Å². The van der Waals surface area contributed by atoms with Crippen LogP contribution in [0.2, 0.25) is 0 Å². The molecular weight excluding hydrogens is 236 g/mol. The molecule has 0 saturated carbocycles. The highest BCUT2D eigenvalue weighted by Crippen LogP contribution is 2.21. The summed E-state index contributed by atoms with van der Waals surface area (Å²) in [5, 5.41) is 4.60. The van der Waals surface area contributed by atoms with E-state index >= 15 is 0 Å². The van der Waals surface area contributed by atoms with Gasteiger partial charge >= 0.3 is 0 Å². The Balaban J connectivity index is 1.75. The highest BCUT2D eigenvalue weighted by atomic mass is 15.2. The lowest BCUT2D eigenvalue weighted by Crippen LogP contribution is -2.34. The minimum Gasteiger partial charge on any atom is -0.368 e. The molecule has 1 atom stereocenters. The summed E-state index contributed by atoms with van der Waals surface area (Å²) in [6.45, 7) is 5.57. The van der Waals surface area contributed by atoms with E-state index in [-0.39, 0.29) is 0 Å². The van der Waals surface area contributed by atoms with Crippen LogP contribution in [0.4, 0.5) is 5.82 Å². The van der Waals surface area contributed by atoms with Gasteiger partial charge in [-0.3, -0.25) is 4.90 Å². The van der Waals surface area contributed by atoms with Crippen LogP contribution in [0, 0.1) is 0 Å². The molecular formula is C15H20N4. The van der Waals surface area contributed by atoms with Gasteiger partial charge in [0, 0.05) is 18.0 Å². The molecule has 2 heterocycles. The Hall–Kier alpha value is -1.68. The number of nitrogens with zero attached hydrogens (tertiary/aromatic N) is 3. The van der Waals surface area contributed by atoms with Crippen molar-refractivity contribution in [2.24, 2.45) is 0 Å². The zero-order valence-electron chi connectivity index (χ0n) is 11.3. The normalized spacial score (nSPS) is 19.9. The second-order valence-corrected chi connectivity index (χ2v) is 5.04. The first-order valence-electron chi connectivity index (χ1n) is 7.06. The van der Waals surface area contributed by atoms with Crippen LogP contribution < -0.4 is 5.32 Å². The Bertz CT molecular complexity index is 549. The SMILES string of the molecule is CCN1CCCC1CNc1ncnc2ccccc12. The molecule has 0 radical (unpaired) electrons. The third-order valence-electron chi connectivity index (χ3n) is 3.95.